The molecule has 0 aliphatic carbocycles. The fraction of sp³-hybridized carbons (Fsp3) is 0.370. The minimum absolute atomic E-state index is 0.208. The smallest absolute Gasteiger partial charge is 0.434 e. The van der Waals surface area contributed by atoms with E-state index in [0.717, 1.165) is 12.1 Å². The van der Waals surface area contributed by atoms with Gasteiger partial charge >= 0.3 is 12.2 Å². The van der Waals surface area contributed by atoms with E-state index in [1.54, 1.807) is 31.2 Å². The van der Waals surface area contributed by atoms with E-state index in [-0.39, 0.29) is 32.0 Å². The highest BCUT2D eigenvalue weighted by Gasteiger charge is 2.47. The summed E-state index contributed by atoms with van der Waals surface area (Å²) in [6.45, 7) is 3.67. The third-order valence-electron chi connectivity index (χ3n) is 7.16. The molecule has 1 aliphatic rings. The third kappa shape index (κ3) is 6.28. The van der Waals surface area contributed by atoms with E-state index < -0.39 is 35.5 Å². The minimum Gasteiger partial charge on any atom is -0.434 e. The van der Waals surface area contributed by atoms with Crippen LogP contribution in [0.3, 0.4) is 0 Å². The number of anilines is 1. The Bertz CT molecular complexity index is 1570. The summed E-state index contributed by atoms with van der Waals surface area (Å²) in [6.07, 6.45) is 4.03. The van der Waals surface area contributed by atoms with Crippen LogP contribution >= 0.6 is 0 Å². The molecule has 0 bridgehead atoms. The normalized spacial score (nSPS) is 15.4. The quantitative estimate of drug-likeness (QED) is 0.203. The standard InChI is InChI=1S/C27H30F2N9O5/c1-3-12-42-26(40)43-18-34-16-31-35(17-34)14-27(41,23-9-4-20(28)13-24(23)29)19(2)36-10-11-37(25(36)39)21-5-7-22(8-6-21)38-15-30-32-33-38/h4-9,13,15-17,19,41H,3,10-12,14,18H2,1-2H3/q+1/t19-,27+/m1/s1. The van der Waals surface area contributed by atoms with Crippen LogP contribution in [0.2, 0.25) is 0 Å². The molecule has 43 heavy (non-hydrogen) atoms. The van der Waals surface area contributed by atoms with Crippen molar-refractivity contribution in [2.45, 2.75) is 45.2 Å². The average Bonchev–Trinajstić information content (AvgIpc) is 3.76. The van der Waals surface area contributed by atoms with Crippen LogP contribution in [-0.4, -0.2) is 77.9 Å². The number of carbonyl (C=O) groups is 2. The molecule has 5 rings (SSSR count). The van der Waals surface area contributed by atoms with Crippen molar-refractivity contribution in [3.8, 4) is 5.69 Å². The molecule has 14 nitrogen and oxygen atoms in total. The lowest BCUT2D eigenvalue weighted by Gasteiger charge is -2.38. The van der Waals surface area contributed by atoms with E-state index in [9.17, 15) is 19.1 Å². The summed E-state index contributed by atoms with van der Waals surface area (Å²) in [6, 6.07) is 8.50. The van der Waals surface area contributed by atoms with E-state index in [0.29, 0.717) is 30.4 Å². The number of ether oxygens (including phenoxy) is 2. The summed E-state index contributed by atoms with van der Waals surface area (Å²) >= 11 is 0. The topological polar surface area (TPSA) is 145 Å². The van der Waals surface area contributed by atoms with Crippen molar-refractivity contribution >= 4 is 17.9 Å². The second-order valence-corrected chi connectivity index (χ2v) is 9.95. The Morgan fingerprint density at radius 1 is 1.14 bits per heavy atom. The molecule has 2 aromatic carbocycles. The van der Waals surface area contributed by atoms with E-state index >= 15 is 4.39 Å². The van der Waals surface area contributed by atoms with E-state index in [4.69, 9.17) is 9.47 Å². The molecule has 1 aliphatic heterocycles. The van der Waals surface area contributed by atoms with Crippen molar-refractivity contribution in [1.82, 2.24) is 34.9 Å². The van der Waals surface area contributed by atoms with Crippen molar-refractivity contribution in [2.75, 3.05) is 24.6 Å². The Morgan fingerprint density at radius 2 is 1.91 bits per heavy atom. The Labute approximate surface area is 244 Å². The zero-order valence-electron chi connectivity index (χ0n) is 23.5. The zero-order valence-corrected chi connectivity index (χ0v) is 23.5. The number of hydrogen-bond acceptors (Lipinski definition) is 9. The SMILES string of the molecule is CCCOC(=O)OC[n+]1cnn(C[C@@](O)(c2ccc(F)cc2F)[C@@H](C)N2CCN(c3ccc(-n4cnnn4)cc3)C2=O)c1. The fourth-order valence-corrected chi connectivity index (χ4v) is 4.87. The highest BCUT2D eigenvalue weighted by molar-refractivity contribution is 5.94. The van der Waals surface area contributed by atoms with Gasteiger partial charge in [-0.05, 0) is 54.1 Å². The first kappa shape index (κ1) is 29.5. The Kier molecular flexibility index (Phi) is 8.56. The van der Waals surface area contributed by atoms with Gasteiger partial charge in [0.25, 0.3) is 6.33 Å². The van der Waals surface area contributed by atoms with Crippen molar-refractivity contribution in [1.29, 1.82) is 0 Å². The molecule has 2 amide bonds. The predicted molar refractivity (Wildman–Crippen MR) is 143 cm³/mol. The first-order valence-electron chi connectivity index (χ1n) is 13.5. The summed E-state index contributed by atoms with van der Waals surface area (Å²) in [5, 5.41) is 27.4. The van der Waals surface area contributed by atoms with Crippen molar-refractivity contribution in [2.24, 2.45) is 0 Å². The molecule has 0 saturated carbocycles. The number of tetrazole rings is 1. The number of rotatable bonds is 11. The Balaban J connectivity index is 1.36. The number of urea groups is 1. The molecule has 0 radical (unpaired) electrons. The van der Waals surface area contributed by atoms with Gasteiger partial charge in [0.05, 0.1) is 18.3 Å². The van der Waals surface area contributed by atoms with Gasteiger partial charge in [0.1, 0.15) is 30.1 Å². The molecule has 16 heteroatoms. The number of aliphatic hydroxyl groups is 1. The van der Waals surface area contributed by atoms with Crippen LogP contribution < -0.4 is 9.47 Å². The van der Waals surface area contributed by atoms with Crippen LogP contribution in [0.5, 0.6) is 0 Å². The van der Waals surface area contributed by atoms with Gasteiger partial charge < -0.3 is 19.5 Å². The van der Waals surface area contributed by atoms with Gasteiger partial charge in [0.2, 0.25) is 13.1 Å². The van der Waals surface area contributed by atoms with Crippen LogP contribution in [0.25, 0.3) is 5.69 Å². The first-order chi connectivity index (χ1) is 20.7. The lowest BCUT2D eigenvalue weighted by atomic mass is 9.85. The maximum atomic E-state index is 15.2. The number of halogens is 2. The molecule has 3 heterocycles. The average molecular weight is 599 g/mol. The molecule has 4 aromatic rings. The zero-order chi connectivity index (χ0) is 30.6. The number of benzene rings is 2. The number of carbonyl (C=O) groups excluding carboxylic acids is 2. The number of aromatic nitrogens is 7. The van der Waals surface area contributed by atoms with Crippen LogP contribution in [0.1, 0.15) is 25.8 Å². The van der Waals surface area contributed by atoms with Gasteiger partial charge in [-0.15, -0.1) is 9.78 Å². The highest BCUT2D eigenvalue weighted by Crippen LogP contribution is 2.35. The number of amides is 2. The maximum Gasteiger partial charge on any atom is 0.511 e. The Morgan fingerprint density at radius 3 is 2.60 bits per heavy atom. The second-order valence-electron chi connectivity index (χ2n) is 9.95. The molecule has 1 saturated heterocycles. The molecule has 1 fully saturated rings. The second kappa shape index (κ2) is 12.5. The summed E-state index contributed by atoms with van der Waals surface area (Å²) in [7, 11) is 0. The van der Waals surface area contributed by atoms with Crippen LogP contribution in [0.4, 0.5) is 24.1 Å². The summed E-state index contributed by atoms with van der Waals surface area (Å²) in [4.78, 5) is 28.3. The van der Waals surface area contributed by atoms with Crippen molar-refractivity contribution in [3.05, 3.63) is 78.6 Å². The lowest BCUT2D eigenvalue weighted by Crippen LogP contribution is -2.53. The van der Waals surface area contributed by atoms with Crippen molar-refractivity contribution in [3.63, 3.8) is 0 Å². The van der Waals surface area contributed by atoms with E-state index in [1.807, 2.05) is 6.92 Å². The molecule has 0 unspecified atom stereocenters. The van der Waals surface area contributed by atoms with Crippen LogP contribution in [0, 0.1) is 11.6 Å². The maximum absolute atomic E-state index is 15.2. The molecule has 1 N–H and O–H groups in total. The fourth-order valence-electron chi connectivity index (χ4n) is 4.87. The van der Waals surface area contributed by atoms with Gasteiger partial charge in [-0.1, -0.05) is 13.0 Å². The minimum atomic E-state index is -2.04. The molecule has 2 aromatic heterocycles. The van der Waals surface area contributed by atoms with Gasteiger partial charge in [0.15, 0.2) is 0 Å². The monoisotopic (exact) mass is 598 g/mol. The number of nitrogens with zero attached hydrogens (tertiary/aromatic N) is 9. The van der Waals surface area contributed by atoms with Crippen molar-refractivity contribution < 1.29 is 37.5 Å². The molecular weight excluding hydrogens is 568 g/mol. The largest absolute Gasteiger partial charge is 0.511 e. The third-order valence-corrected chi connectivity index (χ3v) is 7.16. The summed E-state index contributed by atoms with van der Waals surface area (Å²) < 4.78 is 43.1. The van der Waals surface area contributed by atoms with Crippen LogP contribution in [-0.2, 0) is 28.4 Å². The summed E-state index contributed by atoms with van der Waals surface area (Å²) in [5.74, 6) is -1.79. The lowest BCUT2D eigenvalue weighted by molar-refractivity contribution is -0.728. The molecule has 0 spiro atoms. The first-order valence-corrected chi connectivity index (χ1v) is 13.5. The molecular formula is C27H30F2N9O5+. The highest BCUT2D eigenvalue weighted by atomic mass is 19.1. The Hall–Kier alpha value is -4.99. The van der Waals surface area contributed by atoms with E-state index in [2.05, 4.69) is 20.6 Å². The van der Waals surface area contributed by atoms with Crippen LogP contribution in [0.15, 0.2) is 61.4 Å². The van der Waals surface area contributed by atoms with Gasteiger partial charge in [-0.2, -0.15) is 0 Å². The molecule has 226 valence electrons. The van der Waals surface area contributed by atoms with E-state index in [1.165, 1.54) is 42.7 Å². The molecule has 2 atom stereocenters. The summed E-state index contributed by atoms with van der Waals surface area (Å²) in [5.41, 5.74) is -0.942. The van der Waals surface area contributed by atoms with Gasteiger partial charge in [-0.3, -0.25) is 4.90 Å². The number of hydrogen-bond donors (Lipinski definition) is 1. The van der Waals surface area contributed by atoms with Gasteiger partial charge in [0, 0.05) is 35.5 Å². The predicted octanol–water partition coefficient (Wildman–Crippen LogP) is 2.16. The van der Waals surface area contributed by atoms with Gasteiger partial charge in [-0.25, -0.2) is 27.6 Å².